The molecule has 0 saturated carbocycles. The highest BCUT2D eigenvalue weighted by Gasteiger charge is 2.12. The minimum atomic E-state index is -0.254. The smallest absolute Gasteiger partial charge is 0.123 e. The Morgan fingerprint density at radius 3 is 2.75 bits per heavy atom. The first-order valence-electron chi connectivity index (χ1n) is 5.10. The predicted octanol–water partition coefficient (Wildman–Crippen LogP) is 4.25. The van der Waals surface area contributed by atoms with Crippen LogP contribution in [0.5, 0.6) is 0 Å². The van der Waals surface area contributed by atoms with Crippen LogP contribution in [0.1, 0.15) is 22.5 Å². The van der Waals surface area contributed by atoms with Gasteiger partial charge in [-0.2, -0.15) is 0 Å². The Hall–Kier alpha value is -1.28. The largest absolute Gasteiger partial charge is 0.465 e. The highest BCUT2D eigenvalue weighted by molar-refractivity contribution is 6.20. The summed E-state index contributed by atoms with van der Waals surface area (Å²) < 4.78 is 18.4. The van der Waals surface area contributed by atoms with Gasteiger partial charge in [0.2, 0.25) is 0 Å². The van der Waals surface area contributed by atoms with Crippen LogP contribution in [0.2, 0.25) is 0 Å². The predicted molar refractivity (Wildman–Crippen MR) is 62.1 cm³/mol. The number of alkyl halides is 1. The molecule has 1 heterocycles. The van der Waals surface area contributed by atoms with E-state index in [1.807, 2.05) is 25.1 Å². The van der Waals surface area contributed by atoms with Crippen molar-refractivity contribution in [1.29, 1.82) is 0 Å². The number of hydrogen-bond acceptors (Lipinski definition) is 1. The molecule has 16 heavy (non-hydrogen) atoms. The van der Waals surface area contributed by atoms with Crippen molar-refractivity contribution in [2.24, 2.45) is 0 Å². The van der Waals surface area contributed by atoms with Gasteiger partial charge < -0.3 is 4.42 Å². The molecule has 1 aromatic carbocycles. The molecule has 0 radical (unpaired) electrons. The van der Waals surface area contributed by atoms with Crippen LogP contribution in [-0.2, 0) is 6.42 Å². The standard InChI is InChI=1S/C13H12ClFO/c1-9-5-6-13(16-9)12(14)8-10-3-2-4-11(15)7-10/h2-7,12H,8H2,1H3. The average molecular weight is 239 g/mol. The zero-order valence-corrected chi connectivity index (χ0v) is 9.67. The molecule has 0 amide bonds. The summed E-state index contributed by atoms with van der Waals surface area (Å²) in [4.78, 5) is 0. The number of aryl methyl sites for hydroxylation is 1. The van der Waals surface area contributed by atoms with Gasteiger partial charge in [-0.05, 0) is 43.2 Å². The lowest BCUT2D eigenvalue weighted by atomic mass is 10.1. The van der Waals surface area contributed by atoms with Gasteiger partial charge in [0, 0.05) is 0 Å². The van der Waals surface area contributed by atoms with Gasteiger partial charge >= 0.3 is 0 Å². The summed E-state index contributed by atoms with van der Waals surface area (Å²) in [6.45, 7) is 1.87. The van der Waals surface area contributed by atoms with Crippen molar-refractivity contribution in [1.82, 2.24) is 0 Å². The molecule has 0 bridgehead atoms. The summed E-state index contributed by atoms with van der Waals surface area (Å²) in [6.07, 6.45) is 0.562. The first-order valence-corrected chi connectivity index (χ1v) is 5.53. The molecule has 1 nitrogen and oxygen atoms in total. The SMILES string of the molecule is Cc1ccc(C(Cl)Cc2cccc(F)c2)o1. The van der Waals surface area contributed by atoms with Crippen molar-refractivity contribution < 1.29 is 8.81 Å². The fraction of sp³-hybridized carbons (Fsp3) is 0.231. The molecule has 0 aliphatic carbocycles. The second kappa shape index (κ2) is 4.71. The van der Waals surface area contributed by atoms with E-state index < -0.39 is 0 Å². The van der Waals surface area contributed by atoms with Gasteiger partial charge in [-0.25, -0.2) is 4.39 Å². The molecule has 1 atom stereocenters. The van der Waals surface area contributed by atoms with Gasteiger partial charge in [0.15, 0.2) is 0 Å². The molecule has 1 unspecified atom stereocenters. The molecule has 2 rings (SSSR count). The van der Waals surface area contributed by atoms with Crippen LogP contribution in [0.4, 0.5) is 4.39 Å². The molecule has 1 aromatic heterocycles. The number of benzene rings is 1. The molecule has 84 valence electrons. The van der Waals surface area contributed by atoms with E-state index in [1.165, 1.54) is 12.1 Å². The lowest BCUT2D eigenvalue weighted by Crippen LogP contribution is -1.94. The van der Waals surface area contributed by atoms with Crippen molar-refractivity contribution in [3.63, 3.8) is 0 Å². The number of rotatable bonds is 3. The van der Waals surface area contributed by atoms with Crippen LogP contribution in [0.25, 0.3) is 0 Å². The van der Waals surface area contributed by atoms with Gasteiger partial charge in [0.05, 0.1) is 5.38 Å². The van der Waals surface area contributed by atoms with Gasteiger partial charge in [-0.3, -0.25) is 0 Å². The zero-order valence-electron chi connectivity index (χ0n) is 8.91. The molecule has 0 fully saturated rings. The summed E-state index contributed by atoms with van der Waals surface area (Å²) in [6, 6.07) is 10.2. The van der Waals surface area contributed by atoms with Crippen molar-refractivity contribution in [3.05, 3.63) is 59.3 Å². The maximum Gasteiger partial charge on any atom is 0.123 e. The maximum absolute atomic E-state index is 13.0. The quantitative estimate of drug-likeness (QED) is 0.729. The Morgan fingerprint density at radius 2 is 2.12 bits per heavy atom. The molecule has 3 heteroatoms. The lowest BCUT2D eigenvalue weighted by Gasteiger charge is -2.06. The summed E-state index contributed by atoms with van der Waals surface area (Å²) in [5.41, 5.74) is 0.869. The Balaban J connectivity index is 2.10. The second-order valence-corrected chi connectivity index (χ2v) is 4.28. The van der Waals surface area contributed by atoms with Crippen molar-refractivity contribution in [3.8, 4) is 0 Å². The monoisotopic (exact) mass is 238 g/mol. The lowest BCUT2D eigenvalue weighted by molar-refractivity contribution is 0.477. The topological polar surface area (TPSA) is 13.1 Å². The zero-order chi connectivity index (χ0) is 11.5. The molecule has 0 N–H and O–H groups in total. The van der Waals surface area contributed by atoms with E-state index in [-0.39, 0.29) is 11.2 Å². The average Bonchev–Trinajstić information content (AvgIpc) is 2.65. The van der Waals surface area contributed by atoms with Crippen LogP contribution in [0.15, 0.2) is 40.8 Å². The van der Waals surface area contributed by atoms with Gasteiger partial charge in [0.25, 0.3) is 0 Å². The molecule has 0 aliphatic rings. The van der Waals surface area contributed by atoms with E-state index in [0.29, 0.717) is 6.42 Å². The Labute approximate surface area is 98.8 Å². The Kier molecular flexibility index (Phi) is 3.30. The molecule has 0 aliphatic heterocycles. The number of furan rings is 1. The van der Waals surface area contributed by atoms with E-state index in [9.17, 15) is 4.39 Å². The highest BCUT2D eigenvalue weighted by atomic mass is 35.5. The number of halogens is 2. The van der Waals surface area contributed by atoms with Crippen LogP contribution in [0, 0.1) is 12.7 Å². The Morgan fingerprint density at radius 1 is 1.31 bits per heavy atom. The van der Waals surface area contributed by atoms with Gasteiger partial charge in [0.1, 0.15) is 17.3 Å². The van der Waals surface area contributed by atoms with E-state index in [4.69, 9.17) is 16.0 Å². The van der Waals surface area contributed by atoms with Gasteiger partial charge in [-0.1, -0.05) is 12.1 Å². The minimum Gasteiger partial charge on any atom is -0.465 e. The van der Waals surface area contributed by atoms with Gasteiger partial charge in [-0.15, -0.1) is 11.6 Å². The van der Waals surface area contributed by atoms with E-state index in [1.54, 1.807) is 6.07 Å². The molecule has 2 aromatic rings. The first kappa shape index (κ1) is 11.2. The molecular weight excluding hydrogens is 227 g/mol. The first-order chi connectivity index (χ1) is 7.65. The van der Waals surface area contributed by atoms with E-state index >= 15 is 0 Å². The number of hydrogen-bond donors (Lipinski definition) is 0. The second-order valence-electron chi connectivity index (χ2n) is 3.75. The summed E-state index contributed by atoms with van der Waals surface area (Å²) >= 11 is 6.19. The van der Waals surface area contributed by atoms with Crippen LogP contribution >= 0.6 is 11.6 Å². The van der Waals surface area contributed by atoms with Crippen molar-refractivity contribution >= 4 is 11.6 Å². The summed E-state index contributed by atoms with van der Waals surface area (Å²) in [5.74, 6) is 1.32. The minimum absolute atomic E-state index is 0.239. The molecular formula is C13H12ClFO. The van der Waals surface area contributed by atoms with Crippen LogP contribution in [0.3, 0.4) is 0 Å². The van der Waals surface area contributed by atoms with E-state index in [0.717, 1.165) is 17.1 Å². The fourth-order valence-corrected chi connectivity index (χ4v) is 1.89. The van der Waals surface area contributed by atoms with Crippen molar-refractivity contribution in [2.75, 3.05) is 0 Å². The summed E-state index contributed by atoms with van der Waals surface area (Å²) in [7, 11) is 0. The maximum atomic E-state index is 13.0. The van der Waals surface area contributed by atoms with Crippen molar-refractivity contribution in [2.45, 2.75) is 18.7 Å². The third-order valence-electron chi connectivity index (χ3n) is 2.37. The van der Waals surface area contributed by atoms with Crippen LogP contribution in [-0.4, -0.2) is 0 Å². The third-order valence-corrected chi connectivity index (χ3v) is 2.74. The third kappa shape index (κ3) is 2.64. The summed E-state index contributed by atoms with van der Waals surface area (Å²) in [5, 5.41) is -0.254. The normalized spacial score (nSPS) is 12.7. The fourth-order valence-electron chi connectivity index (χ4n) is 1.59. The van der Waals surface area contributed by atoms with Crippen LogP contribution < -0.4 is 0 Å². The molecule has 0 saturated heterocycles. The highest BCUT2D eigenvalue weighted by Crippen LogP contribution is 2.26. The van der Waals surface area contributed by atoms with E-state index in [2.05, 4.69) is 0 Å². The molecule has 0 spiro atoms. The Bertz CT molecular complexity index is 478.